The summed E-state index contributed by atoms with van der Waals surface area (Å²) in [6, 6.07) is 7.30. The molecule has 0 unspecified atom stereocenters. The lowest BCUT2D eigenvalue weighted by Gasteiger charge is -2.10. The van der Waals surface area contributed by atoms with Gasteiger partial charge in [-0.3, -0.25) is 0 Å². The molecule has 1 aromatic heterocycles. The smallest absolute Gasteiger partial charge is 0.328 e. The molecule has 0 bridgehead atoms. The minimum atomic E-state index is 0.122. The molecule has 2 aromatic rings. The largest absolute Gasteiger partial charge is 0.481 e. The molecule has 0 saturated heterocycles. The van der Waals surface area contributed by atoms with Gasteiger partial charge in [-0.2, -0.15) is 9.97 Å². The second-order valence-corrected chi connectivity index (χ2v) is 4.06. The number of rotatable bonds is 5. The fraction of sp³-hybridized carbons (Fsp3) is 0.286. The van der Waals surface area contributed by atoms with Crippen LogP contribution in [-0.4, -0.2) is 24.2 Å². The van der Waals surface area contributed by atoms with E-state index in [-0.39, 0.29) is 6.01 Å². The maximum atomic E-state index is 5.94. The molecule has 0 aliphatic carbocycles. The molecule has 0 amide bonds. The highest BCUT2D eigenvalue weighted by atomic mass is 16.5. The van der Waals surface area contributed by atoms with Crippen LogP contribution >= 0.6 is 0 Å². The topological polar surface area (TPSA) is 79.5 Å². The monoisotopic (exact) mass is 275 g/mol. The minimum Gasteiger partial charge on any atom is -0.481 e. The number of aromatic nitrogens is 2. The van der Waals surface area contributed by atoms with Crippen LogP contribution in [0.4, 0.5) is 5.69 Å². The number of nitrogen functional groups attached to an aromatic ring is 1. The summed E-state index contributed by atoms with van der Waals surface area (Å²) < 4.78 is 15.7. The molecule has 2 N–H and O–H groups in total. The van der Waals surface area contributed by atoms with Gasteiger partial charge in [-0.25, -0.2) is 0 Å². The van der Waals surface area contributed by atoms with Crippen molar-refractivity contribution < 1.29 is 14.2 Å². The van der Waals surface area contributed by atoms with Crippen LogP contribution < -0.4 is 19.9 Å². The van der Waals surface area contributed by atoms with Gasteiger partial charge in [0.15, 0.2) is 5.75 Å². The molecule has 1 aromatic carbocycles. The van der Waals surface area contributed by atoms with E-state index in [0.717, 1.165) is 12.0 Å². The second-order valence-electron chi connectivity index (χ2n) is 4.06. The zero-order chi connectivity index (χ0) is 14.5. The normalized spacial score (nSPS) is 10.2. The molecule has 0 fully saturated rings. The zero-order valence-corrected chi connectivity index (χ0v) is 11.7. The Labute approximate surface area is 117 Å². The molecule has 106 valence electrons. The van der Waals surface area contributed by atoms with Crippen molar-refractivity contribution in [2.45, 2.75) is 13.3 Å². The lowest BCUT2D eigenvalue weighted by molar-refractivity contribution is 0.348. The van der Waals surface area contributed by atoms with Crippen molar-refractivity contribution in [2.75, 3.05) is 20.0 Å². The third-order valence-corrected chi connectivity index (χ3v) is 2.76. The number of anilines is 1. The SMILES string of the molecule is CCc1ccc(Oc2nc(OC)cc(OC)n2)c(N)c1. The van der Waals surface area contributed by atoms with Crippen molar-refractivity contribution in [1.29, 1.82) is 0 Å². The van der Waals surface area contributed by atoms with Crippen LogP contribution in [0.15, 0.2) is 24.3 Å². The molecular weight excluding hydrogens is 258 g/mol. The van der Waals surface area contributed by atoms with Gasteiger partial charge in [0.2, 0.25) is 11.8 Å². The number of ether oxygens (including phenoxy) is 3. The first kappa shape index (κ1) is 13.9. The number of benzene rings is 1. The van der Waals surface area contributed by atoms with Gasteiger partial charge in [0.05, 0.1) is 26.0 Å². The molecule has 2 rings (SSSR count). The van der Waals surface area contributed by atoms with Crippen molar-refractivity contribution in [3.63, 3.8) is 0 Å². The fourth-order valence-corrected chi connectivity index (χ4v) is 1.65. The number of nitrogens with two attached hydrogens (primary N) is 1. The van der Waals surface area contributed by atoms with E-state index >= 15 is 0 Å². The molecule has 20 heavy (non-hydrogen) atoms. The molecule has 0 atom stereocenters. The Morgan fingerprint density at radius 2 is 1.70 bits per heavy atom. The van der Waals surface area contributed by atoms with Crippen molar-refractivity contribution >= 4 is 5.69 Å². The van der Waals surface area contributed by atoms with Crippen molar-refractivity contribution in [3.05, 3.63) is 29.8 Å². The van der Waals surface area contributed by atoms with Gasteiger partial charge in [0.1, 0.15) is 0 Å². The predicted molar refractivity (Wildman–Crippen MR) is 75.4 cm³/mol. The quantitative estimate of drug-likeness (QED) is 0.844. The maximum Gasteiger partial charge on any atom is 0.328 e. The number of aryl methyl sites for hydroxylation is 1. The Kier molecular flexibility index (Phi) is 4.24. The maximum absolute atomic E-state index is 5.94. The molecule has 0 radical (unpaired) electrons. The Morgan fingerprint density at radius 3 is 2.20 bits per heavy atom. The first-order valence-corrected chi connectivity index (χ1v) is 6.19. The highest BCUT2D eigenvalue weighted by Gasteiger charge is 2.09. The Morgan fingerprint density at radius 1 is 1.05 bits per heavy atom. The molecule has 0 saturated carbocycles. The van der Waals surface area contributed by atoms with Gasteiger partial charge in [-0.1, -0.05) is 13.0 Å². The Hall–Kier alpha value is -2.50. The third-order valence-electron chi connectivity index (χ3n) is 2.76. The van der Waals surface area contributed by atoms with Gasteiger partial charge in [-0.15, -0.1) is 0 Å². The van der Waals surface area contributed by atoms with Crippen LogP contribution in [0.25, 0.3) is 0 Å². The first-order chi connectivity index (χ1) is 9.66. The lowest BCUT2D eigenvalue weighted by Crippen LogP contribution is -2.00. The van der Waals surface area contributed by atoms with Gasteiger partial charge >= 0.3 is 6.01 Å². The fourth-order valence-electron chi connectivity index (χ4n) is 1.65. The zero-order valence-electron chi connectivity index (χ0n) is 11.7. The minimum absolute atomic E-state index is 0.122. The second kappa shape index (κ2) is 6.10. The van der Waals surface area contributed by atoms with E-state index < -0.39 is 0 Å². The Balaban J connectivity index is 2.29. The van der Waals surface area contributed by atoms with Crippen molar-refractivity contribution in [3.8, 4) is 23.5 Å². The average molecular weight is 275 g/mol. The van der Waals surface area contributed by atoms with Gasteiger partial charge in [0, 0.05) is 0 Å². The summed E-state index contributed by atoms with van der Waals surface area (Å²) in [5.74, 6) is 1.21. The Bertz CT molecular complexity index is 580. The number of nitrogens with zero attached hydrogens (tertiary/aromatic N) is 2. The summed E-state index contributed by atoms with van der Waals surface area (Å²) >= 11 is 0. The van der Waals surface area contributed by atoms with Gasteiger partial charge in [0.25, 0.3) is 0 Å². The van der Waals surface area contributed by atoms with Gasteiger partial charge < -0.3 is 19.9 Å². The highest BCUT2D eigenvalue weighted by molar-refractivity contribution is 5.55. The summed E-state index contributed by atoms with van der Waals surface area (Å²) in [6.45, 7) is 2.06. The molecule has 6 heteroatoms. The van der Waals surface area contributed by atoms with Crippen LogP contribution in [0.3, 0.4) is 0 Å². The summed E-state index contributed by atoms with van der Waals surface area (Å²) in [4.78, 5) is 8.18. The van der Waals surface area contributed by atoms with Crippen molar-refractivity contribution in [2.24, 2.45) is 0 Å². The number of hydrogen-bond donors (Lipinski definition) is 1. The van der Waals surface area contributed by atoms with E-state index in [2.05, 4.69) is 16.9 Å². The van der Waals surface area contributed by atoms with Gasteiger partial charge in [-0.05, 0) is 24.1 Å². The molecule has 0 aliphatic heterocycles. The summed E-state index contributed by atoms with van der Waals surface area (Å²) in [7, 11) is 3.02. The third kappa shape index (κ3) is 3.09. The summed E-state index contributed by atoms with van der Waals surface area (Å²) in [6.07, 6.45) is 0.911. The van der Waals surface area contributed by atoms with E-state index in [0.29, 0.717) is 23.2 Å². The number of hydrogen-bond acceptors (Lipinski definition) is 6. The molecule has 6 nitrogen and oxygen atoms in total. The van der Waals surface area contributed by atoms with Crippen LogP contribution in [0, 0.1) is 0 Å². The van der Waals surface area contributed by atoms with Crippen LogP contribution in [-0.2, 0) is 6.42 Å². The molecule has 0 aliphatic rings. The number of methoxy groups -OCH3 is 2. The van der Waals surface area contributed by atoms with E-state index in [1.165, 1.54) is 14.2 Å². The van der Waals surface area contributed by atoms with E-state index in [1.807, 2.05) is 12.1 Å². The van der Waals surface area contributed by atoms with Crippen LogP contribution in [0.5, 0.6) is 23.5 Å². The van der Waals surface area contributed by atoms with E-state index in [9.17, 15) is 0 Å². The molecular formula is C14H17N3O3. The standard InChI is InChI=1S/C14H17N3O3/c1-4-9-5-6-11(10(15)7-9)20-14-16-12(18-2)8-13(17-14)19-3/h5-8H,4,15H2,1-3H3. The predicted octanol–water partition coefficient (Wildman–Crippen LogP) is 2.43. The van der Waals surface area contributed by atoms with Crippen molar-refractivity contribution in [1.82, 2.24) is 9.97 Å². The van der Waals surface area contributed by atoms with Crippen LogP contribution in [0.2, 0.25) is 0 Å². The molecule has 0 spiro atoms. The summed E-state index contributed by atoms with van der Waals surface area (Å²) in [5, 5.41) is 0. The highest BCUT2D eigenvalue weighted by Crippen LogP contribution is 2.28. The lowest BCUT2D eigenvalue weighted by atomic mass is 10.1. The molecule has 1 heterocycles. The average Bonchev–Trinajstić information content (AvgIpc) is 2.48. The van der Waals surface area contributed by atoms with E-state index in [4.69, 9.17) is 19.9 Å². The van der Waals surface area contributed by atoms with Crippen LogP contribution in [0.1, 0.15) is 12.5 Å². The summed E-state index contributed by atoms with van der Waals surface area (Å²) in [5.41, 5.74) is 7.62. The first-order valence-electron chi connectivity index (χ1n) is 6.19. The van der Waals surface area contributed by atoms with E-state index in [1.54, 1.807) is 12.1 Å².